The standard InChI is InChI=1S/C12H20F3NO/c1-8-2-5-11(17)10(6-8)16(9-3-4-9)7-12(13,14)15/h8-11,17H,2-7H2,1H3. The van der Waals surface area contributed by atoms with E-state index in [1.807, 2.05) is 0 Å². The Morgan fingerprint density at radius 3 is 2.35 bits per heavy atom. The first-order valence-corrected chi connectivity index (χ1v) is 6.37. The van der Waals surface area contributed by atoms with E-state index in [0.717, 1.165) is 19.3 Å². The summed E-state index contributed by atoms with van der Waals surface area (Å²) in [4.78, 5) is 1.50. The first-order valence-electron chi connectivity index (χ1n) is 6.37. The van der Waals surface area contributed by atoms with Crippen molar-refractivity contribution in [3.05, 3.63) is 0 Å². The molecule has 0 radical (unpaired) electrons. The molecule has 5 heteroatoms. The monoisotopic (exact) mass is 251 g/mol. The maximum atomic E-state index is 12.5. The van der Waals surface area contributed by atoms with Gasteiger partial charge in [0.2, 0.25) is 0 Å². The summed E-state index contributed by atoms with van der Waals surface area (Å²) in [5, 5.41) is 9.92. The van der Waals surface area contributed by atoms with Crippen LogP contribution in [0, 0.1) is 5.92 Å². The van der Waals surface area contributed by atoms with E-state index in [9.17, 15) is 18.3 Å². The molecule has 1 N–H and O–H groups in total. The molecular weight excluding hydrogens is 231 g/mol. The van der Waals surface area contributed by atoms with Crippen molar-refractivity contribution in [2.24, 2.45) is 5.92 Å². The van der Waals surface area contributed by atoms with Crippen molar-refractivity contribution in [3.63, 3.8) is 0 Å². The molecule has 2 saturated carbocycles. The second-order valence-corrected chi connectivity index (χ2v) is 5.57. The highest BCUT2D eigenvalue weighted by molar-refractivity contribution is 4.94. The summed E-state index contributed by atoms with van der Waals surface area (Å²) in [5.74, 6) is 0.415. The molecule has 2 aliphatic carbocycles. The molecule has 2 fully saturated rings. The molecule has 0 bridgehead atoms. The van der Waals surface area contributed by atoms with Gasteiger partial charge < -0.3 is 5.11 Å². The van der Waals surface area contributed by atoms with Gasteiger partial charge in [0.15, 0.2) is 0 Å². The zero-order valence-corrected chi connectivity index (χ0v) is 10.1. The predicted octanol–water partition coefficient (Wildman–Crippen LogP) is 2.56. The first kappa shape index (κ1) is 13.1. The molecule has 3 atom stereocenters. The van der Waals surface area contributed by atoms with E-state index in [1.165, 1.54) is 4.90 Å². The third kappa shape index (κ3) is 3.58. The Hall–Kier alpha value is -0.290. The SMILES string of the molecule is CC1CCC(O)C(N(CC(F)(F)F)C2CC2)C1. The third-order valence-corrected chi connectivity index (χ3v) is 3.85. The summed E-state index contributed by atoms with van der Waals surface area (Å²) in [6.45, 7) is 1.18. The molecule has 3 unspecified atom stereocenters. The number of rotatable bonds is 3. The summed E-state index contributed by atoms with van der Waals surface area (Å²) < 4.78 is 37.6. The highest BCUT2D eigenvalue weighted by atomic mass is 19.4. The number of hydrogen-bond donors (Lipinski definition) is 1. The van der Waals surface area contributed by atoms with E-state index in [4.69, 9.17) is 0 Å². The van der Waals surface area contributed by atoms with Gasteiger partial charge in [-0.1, -0.05) is 6.92 Å². The summed E-state index contributed by atoms with van der Waals surface area (Å²) in [6, 6.07) is -0.255. The number of hydrogen-bond acceptors (Lipinski definition) is 2. The number of aliphatic hydroxyl groups is 1. The molecule has 100 valence electrons. The van der Waals surface area contributed by atoms with E-state index < -0.39 is 18.8 Å². The molecule has 0 aromatic heterocycles. The maximum Gasteiger partial charge on any atom is 0.401 e. The Kier molecular flexibility index (Phi) is 3.69. The summed E-state index contributed by atoms with van der Waals surface area (Å²) in [7, 11) is 0. The molecule has 0 amide bonds. The van der Waals surface area contributed by atoms with E-state index in [0.29, 0.717) is 18.8 Å². The van der Waals surface area contributed by atoms with Crippen LogP contribution in [0.5, 0.6) is 0 Å². The summed E-state index contributed by atoms with van der Waals surface area (Å²) in [5.41, 5.74) is 0. The van der Waals surface area contributed by atoms with Crippen LogP contribution in [-0.4, -0.2) is 40.9 Å². The minimum atomic E-state index is -4.16. The number of alkyl halides is 3. The number of aliphatic hydroxyl groups excluding tert-OH is 1. The average Bonchev–Trinajstić information content (AvgIpc) is 3.00. The van der Waals surface area contributed by atoms with Crippen molar-refractivity contribution in [2.75, 3.05) is 6.54 Å². The van der Waals surface area contributed by atoms with Crippen molar-refractivity contribution in [2.45, 2.75) is 63.4 Å². The van der Waals surface area contributed by atoms with Crippen LogP contribution in [0.25, 0.3) is 0 Å². The zero-order chi connectivity index (χ0) is 12.6. The van der Waals surface area contributed by atoms with E-state index in [-0.39, 0.29) is 12.1 Å². The fraction of sp³-hybridized carbons (Fsp3) is 1.00. The highest BCUT2D eigenvalue weighted by Gasteiger charge is 2.44. The van der Waals surface area contributed by atoms with Crippen LogP contribution in [0.3, 0.4) is 0 Å². The van der Waals surface area contributed by atoms with Crippen molar-refractivity contribution in [1.82, 2.24) is 4.90 Å². The fourth-order valence-corrected chi connectivity index (χ4v) is 2.82. The van der Waals surface area contributed by atoms with Gasteiger partial charge in [0.05, 0.1) is 12.6 Å². The molecule has 0 aliphatic heterocycles. The largest absolute Gasteiger partial charge is 0.401 e. The Labute approximate surface area is 99.8 Å². The summed E-state index contributed by atoms with van der Waals surface area (Å²) >= 11 is 0. The van der Waals surface area contributed by atoms with Gasteiger partial charge >= 0.3 is 6.18 Å². The molecule has 0 heterocycles. The number of nitrogens with zero attached hydrogens (tertiary/aromatic N) is 1. The molecule has 17 heavy (non-hydrogen) atoms. The van der Waals surface area contributed by atoms with Crippen molar-refractivity contribution < 1.29 is 18.3 Å². The van der Waals surface area contributed by atoms with Gasteiger partial charge in [0, 0.05) is 12.1 Å². The van der Waals surface area contributed by atoms with Crippen LogP contribution in [0.4, 0.5) is 13.2 Å². The van der Waals surface area contributed by atoms with Gasteiger partial charge in [-0.3, -0.25) is 4.90 Å². The molecule has 2 nitrogen and oxygen atoms in total. The van der Waals surface area contributed by atoms with Gasteiger partial charge in [-0.25, -0.2) is 0 Å². The molecule has 2 rings (SSSR count). The predicted molar refractivity (Wildman–Crippen MR) is 58.6 cm³/mol. The van der Waals surface area contributed by atoms with Crippen molar-refractivity contribution >= 4 is 0 Å². The lowest BCUT2D eigenvalue weighted by Crippen LogP contribution is -2.51. The van der Waals surface area contributed by atoms with Crippen molar-refractivity contribution in [3.8, 4) is 0 Å². The van der Waals surface area contributed by atoms with Crippen LogP contribution in [-0.2, 0) is 0 Å². The lowest BCUT2D eigenvalue weighted by Gasteiger charge is -2.40. The van der Waals surface area contributed by atoms with Crippen molar-refractivity contribution in [1.29, 1.82) is 0 Å². The zero-order valence-electron chi connectivity index (χ0n) is 10.1. The highest BCUT2D eigenvalue weighted by Crippen LogP contribution is 2.37. The van der Waals surface area contributed by atoms with Crippen LogP contribution in [0.15, 0.2) is 0 Å². The molecule has 2 aliphatic rings. The Bertz CT molecular complexity index is 265. The van der Waals surface area contributed by atoms with Gasteiger partial charge in [0.1, 0.15) is 0 Å². The second-order valence-electron chi connectivity index (χ2n) is 5.57. The van der Waals surface area contributed by atoms with Gasteiger partial charge in [-0.05, 0) is 38.0 Å². The minimum absolute atomic E-state index is 0.0431. The smallest absolute Gasteiger partial charge is 0.391 e. The first-order chi connectivity index (χ1) is 7.87. The van der Waals surface area contributed by atoms with E-state index >= 15 is 0 Å². The van der Waals surface area contributed by atoms with Crippen LogP contribution >= 0.6 is 0 Å². The van der Waals surface area contributed by atoms with Gasteiger partial charge in [0.25, 0.3) is 0 Å². The van der Waals surface area contributed by atoms with E-state index in [2.05, 4.69) is 6.92 Å². The van der Waals surface area contributed by atoms with Gasteiger partial charge in [-0.2, -0.15) is 13.2 Å². The van der Waals surface area contributed by atoms with E-state index in [1.54, 1.807) is 0 Å². The maximum absolute atomic E-state index is 12.5. The molecular formula is C12H20F3NO. The number of halogens is 3. The average molecular weight is 251 g/mol. The molecule has 0 aromatic carbocycles. The third-order valence-electron chi connectivity index (χ3n) is 3.85. The quantitative estimate of drug-likeness (QED) is 0.833. The molecule has 0 aromatic rings. The van der Waals surface area contributed by atoms with Gasteiger partial charge in [-0.15, -0.1) is 0 Å². The second kappa shape index (κ2) is 4.76. The lowest BCUT2D eigenvalue weighted by molar-refractivity contribution is -0.160. The molecule has 0 spiro atoms. The Morgan fingerprint density at radius 1 is 1.18 bits per heavy atom. The van der Waals surface area contributed by atoms with Crippen LogP contribution < -0.4 is 0 Å². The lowest BCUT2D eigenvalue weighted by atomic mass is 9.84. The van der Waals surface area contributed by atoms with Crippen LogP contribution in [0.1, 0.15) is 39.0 Å². The Morgan fingerprint density at radius 2 is 1.82 bits per heavy atom. The molecule has 0 saturated heterocycles. The summed E-state index contributed by atoms with van der Waals surface area (Å²) in [6.07, 6.45) is -0.832. The fourth-order valence-electron chi connectivity index (χ4n) is 2.82. The minimum Gasteiger partial charge on any atom is -0.391 e. The van der Waals surface area contributed by atoms with Crippen LogP contribution in [0.2, 0.25) is 0 Å². The topological polar surface area (TPSA) is 23.5 Å². The Balaban J connectivity index is 2.03. The normalized spacial score (nSPS) is 35.3.